The highest BCUT2D eigenvalue weighted by atomic mass is 16.5. The number of hydrogen-bond donors (Lipinski definition) is 1. The first-order valence-corrected chi connectivity index (χ1v) is 10.7. The zero-order valence-corrected chi connectivity index (χ0v) is 17.2. The second-order valence-corrected chi connectivity index (χ2v) is 8.68. The number of ether oxygens (including phenoxy) is 1. The molecule has 5 heteroatoms. The molecule has 4 fully saturated rings. The molecule has 0 spiro atoms. The van der Waals surface area contributed by atoms with E-state index in [1.807, 2.05) is 36.4 Å². The van der Waals surface area contributed by atoms with Gasteiger partial charge in [-0.1, -0.05) is 29.8 Å². The molecule has 2 aromatic carbocycles. The van der Waals surface area contributed by atoms with E-state index in [1.165, 1.54) is 24.0 Å². The van der Waals surface area contributed by atoms with E-state index in [0.717, 1.165) is 31.1 Å². The van der Waals surface area contributed by atoms with Gasteiger partial charge < -0.3 is 15.0 Å². The summed E-state index contributed by atoms with van der Waals surface area (Å²) in [5.74, 6) is 1.83. The molecule has 4 aliphatic heterocycles. The number of methoxy groups -OCH3 is 1. The Morgan fingerprint density at radius 2 is 1.69 bits per heavy atom. The number of urea groups is 1. The number of anilines is 1. The smallest absolute Gasteiger partial charge is 0.322 e. The van der Waals surface area contributed by atoms with Crippen LogP contribution in [0.3, 0.4) is 0 Å². The number of rotatable bonds is 3. The maximum absolute atomic E-state index is 13.3. The summed E-state index contributed by atoms with van der Waals surface area (Å²) >= 11 is 0. The van der Waals surface area contributed by atoms with Gasteiger partial charge in [0, 0.05) is 24.2 Å². The Kier molecular flexibility index (Phi) is 4.70. The van der Waals surface area contributed by atoms with Crippen LogP contribution < -0.4 is 10.1 Å². The van der Waals surface area contributed by atoms with Crippen molar-refractivity contribution >= 4 is 11.7 Å². The van der Waals surface area contributed by atoms with Crippen LogP contribution in [0.25, 0.3) is 0 Å². The highest BCUT2D eigenvalue weighted by Crippen LogP contribution is 2.46. The van der Waals surface area contributed by atoms with Gasteiger partial charge in [-0.3, -0.25) is 4.90 Å². The molecule has 0 aliphatic carbocycles. The molecule has 0 unspecified atom stereocenters. The van der Waals surface area contributed by atoms with Gasteiger partial charge in [0.2, 0.25) is 0 Å². The molecule has 1 N–H and O–H groups in total. The Morgan fingerprint density at radius 3 is 2.34 bits per heavy atom. The van der Waals surface area contributed by atoms with Crippen molar-refractivity contribution in [1.29, 1.82) is 0 Å². The monoisotopic (exact) mass is 391 g/mol. The number of fused-ring (bicyclic) bond motifs is 2. The zero-order valence-electron chi connectivity index (χ0n) is 17.2. The van der Waals surface area contributed by atoms with E-state index in [2.05, 4.69) is 34.2 Å². The Balaban J connectivity index is 1.42. The summed E-state index contributed by atoms with van der Waals surface area (Å²) in [6, 6.07) is 17.2. The van der Waals surface area contributed by atoms with Crippen molar-refractivity contribution in [3.05, 3.63) is 59.7 Å². The van der Waals surface area contributed by atoms with Gasteiger partial charge in [-0.2, -0.15) is 0 Å². The van der Waals surface area contributed by atoms with Crippen LogP contribution in [-0.4, -0.2) is 54.7 Å². The number of amides is 2. The fourth-order valence-electron chi connectivity index (χ4n) is 5.63. The second-order valence-electron chi connectivity index (χ2n) is 8.68. The molecule has 5 nitrogen and oxygen atoms in total. The second kappa shape index (κ2) is 7.38. The third-order valence-electron chi connectivity index (χ3n) is 7.10. The number of nitrogens with one attached hydrogen (secondary N) is 1. The Bertz CT molecular complexity index is 872. The van der Waals surface area contributed by atoms with Crippen LogP contribution in [0.4, 0.5) is 10.5 Å². The van der Waals surface area contributed by atoms with Crippen LogP contribution in [0, 0.1) is 12.8 Å². The van der Waals surface area contributed by atoms with Crippen LogP contribution in [-0.2, 0) is 0 Å². The fourth-order valence-corrected chi connectivity index (χ4v) is 5.63. The van der Waals surface area contributed by atoms with Gasteiger partial charge in [-0.25, -0.2) is 4.79 Å². The van der Waals surface area contributed by atoms with Crippen molar-refractivity contribution in [2.24, 2.45) is 5.92 Å². The minimum atomic E-state index is 0.0358. The number of hydrogen-bond acceptors (Lipinski definition) is 3. The standard InChI is InChI=1S/C24H29N3O2/c1-16-3-7-19(8-4-16)25-24(28)27-15-21(17-5-9-20(29-2)10-6-17)23-22(27)18-11-13-26(23)14-12-18/h3-10,18,21-23H,11-15H2,1-2H3,(H,25,28)/t21-,22+,23+/m0/s1. The minimum Gasteiger partial charge on any atom is -0.497 e. The Labute approximate surface area is 172 Å². The number of benzene rings is 2. The number of piperidine rings is 3. The van der Waals surface area contributed by atoms with Crippen LogP contribution in [0.2, 0.25) is 0 Å². The van der Waals surface area contributed by atoms with Crippen molar-refractivity contribution in [3.8, 4) is 5.75 Å². The number of carbonyl (C=O) groups is 1. The van der Waals surface area contributed by atoms with E-state index >= 15 is 0 Å². The van der Waals surface area contributed by atoms with Crippen molar-refractivity contribution in [3.63, 3.8) is 0 Å². The summed E-state index contributed by atoms with van der Waals surface area (Å²) in [4.78, 5) is 18.0. The predicted octanol–water partition coefficient (Wildman–Crippen LogP) is 4.10. The van der Waals surface area contributed by atoms with Gasteiger partial charge in [0.25, 0.3) is 0 Å². The third-order valence-corrected chi connectivity index (χ3v) is 7.10. The molecule has 2 amide bonds. The topological polar surface area (TPSA) is 44.8 Å². The van der Waals surface area contributed by atoms with Gasteiger partial charge in [-0.05, 0) is 68.6 Å². The van der Waals surface area contributed by atoms with Crippen molar-refractivity contribution in [1.82, 2.24) is 9.80 Å². The zero-order chi connectivity index (χ0) is 20.0. The third kappa shape index (κ3) is 3.27. The number of carbonyl (C=O) groups excluding carboxylic acids is 1. The number of aryl methyl sites for hydroxylation is 1. The predicted molar refractivity (Wildman–Crippen MR) is 115 cm³/mol. The maximum atomic E-state index is 13.3. The van der Waals surface area contributed by atoms with Crippen LogP contribution in [0.1, 0.15) is 29.9 Å². The summed E-state index contributed by atoms with van der Waals surface area (Å²) in [7, 11) is 1.70. The van der Waals surface area contributed by atoms with Gasteiger partial charge in [0.15, 0.2) is 0 Å². The van der Waals surface area contributed by atoms with E-state index in [9.17, 15) is 4.79 Å². The first-order valence-electron chi connectivity index (χ1n) is 10.7. The molecule has 0 radical (unpaired) electrons. The molecule has 4 saturated heterocycles. The summed E-state index contributed by atoms with van der Waals surface area (Å²) in [5, 5.41) is 3.14. The SMILES string of the molecule is COc1ccc([C@@H]2CN(C(=O)Nc3ccc(C)cc3)[C@@H]3C4CCN(CC4)[C@@H]32)cc1. The highest BCUT2D eigenvalue weighted by molar-refractivity contribution is 5.90. The molecule has 0 aromatic heterocycles. The Morgan fingerprint density at radius 1 is 1.00 bits per heavy atom. The average molecular weight is 392 g/mol. The van der Waals surface area contributed by atoms with E-state index < -0.39 is 0 Å². The van der Waals surface area contributed by atoms with E-state index in [-0.39, 0.29) is 6.03 Å². The van der Waals surface area contributed by atoms with Crippen molar-refractivity contribution in [2.45, 2.75) is 37.8 Å². The van der Waals surface area contributed by atoms with Crippen LogP contribution in [0.5, 0.6) is 5.75 Å². The molecular weight excluding hydrogens is 362 g/mol. The molecular formula is C24H29N3O2. The quantitative estimate of drug-likeness (QED) is 0.857. The molecule has 4 heterocycles. The van der Waals surface area contributed by atoms with Crippen LogP contribution in [0.15, 0.2) is 48.5 Å². The lowest BCUT2D eigenvalue weighted by molar-refractivity contribution is 0.00494. The maximum Gasteiger partial charge on any atom is 0.322 e. The molecule has 152 valence electrons. The molecule has 2 aromatic rings. The summed E-state index contributed by atoms with van der Waals surface area (Å²) < 4.78 is 5.34. The van der Waals surface area contributed by atoms with Crippen molar-refractivity contribution < 1.29 is 9.53 Å². The lowest BCUT2D eigenvalue weighted by Gasteiger charge is -2.51. The summed E-state index contributed by atoms with van der Waals surface area (Å²) in [5.41, 5.74) is 3.37. The molecule has 2 bridgehead atoms. The van der Waals surface area contributed by atoms with Gasteiger partial charge in [0.1, 0.15) is 5.75 Å². The lowest BCUT2D eigenvalue weighted by Crippen LogP contribution is -2.61. The number of likely N-dealkylation sites (tertiary alicyclic amines) is 1. The lowest BCUT2D eigenvalue weighted by atomic mass is 9.75. The largest absolute Gasteiger partial charge is 0.497 e. The molecule has 3 atom stereocenters. The molecule has 0 saturated carbocycles. The fraction of sp³-hybridized carbons (Fsp3) is 0.458. The molecule has 29 heavy (non-hydrogen) atoms. The van der Waals surface area contributed by atoms with Gasteiger partial charge in [0.05, 0.1) is 13.2 Å². The first-order chi connectivity index (χ1) is 14.1. The summed E-state index contributed by atoms with van der Waals surface area (Å²) in [6.07, 6.45) is 2.40. The normalized spacial score (nSPS) is 30.1. The first kappa shape index (κ1) is 18.5. The van der Waals surface area contributed by atoms with Crippen LogP contribution >= 0.6 is 0 Å². The van der Waals surface area contributed by atoms with E-state index in [4.69, 9.17) is 4.74 Å². The minimum absolute atomic E-state index is 0.0358. The average Bonchev–Trinajstić information content (AvgIpc) is 3.19. The van der Waals surface area contributed by atoms with Gasteiger partial charge >= 0.3 is 6.03 Å². The van der Waals surface area contributed by atoms with E-state index in [0.29, 0.717) is 23.9 Å². The highest BCUT2D eigenvalue weighted by Gasteiger charge is 2.54. The number of nitrogens with zero attached hydrogens (tertiary/aromatic N) is 2. The molecule has 4 aliphatic rings. The van der Waals surface area contributed by atoms with Crippen molar-refractivity contribution in [2.75, 3.05) is 32.1 Å². The molecule has 6 rings (SSSR count). The van der Waals surface area contributed by atoms with Gasteiger partial charge in [-0.15, -0.1) is 0 Å². The van der Waals surface area contributed by atoms with E-state index in [1.54, 1.807) is 7.11 Å². The Hall–Kier alpha value is -2.53. The summed E-state index contributed by atoms with van der Waals surface area (Å²) in [6.45, 7) is 5.15.